The second-order valence-corrected chi connectivity index (χ2v) is 23.1. The van der Waals surface area contributed by atoms with E-state index in [1.165, 1.54) is 43.4 Å². The van der Waals surface area contributed by atoms with Crippen molar-refractivity contribution in [3.63, 3.8) is 0 Å². The van der Waals surface area contributed by atoms with E-state index in [0.29, 0.717) is 19.4 Å². The van der Waals surface area contributed by atoms with Gasteiger partial charge in [-0.15, -0.1) is 0 Å². The van der Waals surface area contributed by atoms with E-state index in [-0.39, 0.29) is 94.9 Å². The number of nitrogens with zero attached hydrogens (tertiary/aromatic N) is 1. The largest absolute Gasteiger partial charge is 0.478 e. The zero-order valence-corrected chi connectivity index (χ0v) is 52.2. The van der Waals surface area contributed by atoms with Gasteiger partial charge in [0.2, 0.25) is 0 Å². The van der Waals surface area contributed by atoms with Crippen molar-refractivity contribution in [3.8, 4) is 0 Å². The molecule has 17 N–H and O–H groups in total. The summed E-state index contributed by atoms with van der Waals surface area (Å²) in [5.41, 5.74) is 10.8. The van der Waals surface area contributed by atoms with Gasteiger partial charge in [0.05, 0.1) is 86.5 Å². The number of nitrogens with two attached hydrogens (primary N) is 2. The molecule has 0 bridgehead atoms. The van der Waals surface area contributed by atoms with E-state index < -0.39 is 107 Å². The van der Waals surface area contributed by atoms with Crippen molar-refractivity contribution >= 4 is 22.3 Å². The Kier molecular flexibility index (Phi) is 42.9. The highest BCUT2D eigenvalue weighted by atomic mass is 32.3. The summed E-state index contributed by atoms with van der Waals surface area (Å²) in [4.78, 5) is 14.7. The lowest BCUT2D eigenvalue weighted by Crippen LogP contribution is -2.47. The number of guanidine groups is 1. The third-order valence-electron chi connectivity index (χ3n) is 14.1. The van der Waals surface area contributed by atoms with E-state index in [4.69, 9.17) is 30.2 Å². The Morgan fingerprint density at radius 2 is 1.03 bits per heavy atom. The molecule has 0 saturated carbocycles. The predicted molar refractivity (Wildman–Crippen MR) is 341 cm³/mol. The molecule has 1 rings (SSSR count). The number of carboxylic acid groups (broad SMARTS) is 1. The summed E-state index contributed by atoms with van der Waals surface area (Å²) in [5.74, 6) is -4.00. The minimum Gasteiger partial charge on any atom is -0.478 e. The van der Waals surface area contributed by atoms with Gasteiger partial charge in [-0.05, 0) is 71.1 Å². The molecule has 0 aromatic rings. The Bertz CT molecular complexity index is 2470. The number of aliphatic hydroxyl groups excluding tert-OH is 11. The topological polar surface area (TPSA) is 406 Å². The van der Waals surface area contributed by atoms with Crippen molar-refractivity contribution < 1.29 is 92.7 Å². The lowest BCUT2D eigenvalue weighted by Gasteiger charge is -2.38. The van der Waals surface area contributed by atoms with Crippen LogP contribution in [-0.2, 0) is 28.9 Å². The van der Waals surface area contributed by atoms with Crippen LogP contribution in [0.25, 0.3) is 0 Å². The fourth-order valence-electron chi connectivity index (χ4n) is 9.10. The smallest absolute Gasteiger partial charge is 0.397 e. The first-order valence-corrected chi connectivity index (χ1v) is 31.4. The van der Waals surface area contributed by atoms with Crippen LogP contribution in [0.15, 0.2) is 162 Å². The van der Waals surface area contributed by atoms with Gasteiger partial charge in [-0.25, -0.2) is 8.98 Å². The van der Waals surface area contributed by atoms with Crippen LogP contribution in [0.5, 0.6) is 0 Å². The highest BCUT2D eigenvalue weighted by Gasteiger charge is 2.48. The summed E-state index contributed by atoms with van der Waals surface area (Å²) in [5, 5.41) is 124. The number of hydrogen-bond acceptors (Lipinski definition) is 18. The quantitative estimate of drug-likeness (QED) is 0.00705. The van der Waals surface area contributed by atoms with Crippen molar-refractivity contribution in [2.24, 2.45) is 34.2 Å². The molecule has 0 aliphatic carbocycles. The summed E-state index contributed by atoms with van der Waals surface area (Å²) >= 11 is 0. The summed E-state index contributed by atoms with van der Waals surface area (Å²) in [6, 6.07) is 0. The van der Waals surface area contributed by atoms with Gasteiger partial charge in [-0.1, -0.05) is 173 Å². The number of carbonyl (C=O) groups is 1. The monoisotopic (exact) mass is 1260 g/mol. The Morgan fingerprint density at radius 3 is 1.57 bits per heavy atom. The van der Waals surface area contributed by atoms with E-state index in [1.807, 2.05) is 31.2 Å². The Balaban J connectivity index is 2.59. The molecule has 0 radical (unpaired) electrons. The van der Waals surface area contributed by atoms with Crippen molar-refractivity contribution in [2.75, 3.05) is 19.8 Å². The first-order chi connectivity index (χ1) is 41.6. The number of ether oxygens (including phenoxy) is 2. The van der Waals surface area contributed by atoms with Crippen LogP contribution < -0.4 is 11.5 Å². The maximum Gasteiger partial charge on any atom is 0.397 e. The van der Waals surface area contributed by atoms with Crippen molar-refractivity contribution in [2.45, 2.75) is 197 Å². The molecule has 1 fully saturated rings. The highest BCUT2D eigenvalue weighted by molar-refractivity contribution is 7.80. The Hall–Kier alpha value is -5.29. The van der Waals surface area contributed by atoms with Crippen molar-refractivity contribution in [1.29, 1.82) is 0 Å². The van der Waals surface area contributed by atoms with Gasteiger partial charge in [0, 0.05) is 55.6 Å². The van der Waals surface area contributed by atoms with E-state index in [9.17, 15) is 73.9 Å². The number of aliphatic hydroxyl groups is 11. The summed E-state index contributed by atoms with van der Waals surface area (Å²) in [6.45, 7) is 7.40. The molecule has 0 amide bonds. The van der Waals surface area contributed by atoms with Crippen LogP contribution in [0.2, 0.25) is 0 Å². The molecule has 0 spiro atoms. The molecule has 1 heterocycles. The highest BCUT2D eigenvalue weighted by Crippen LogP contribution is 2.38. The first-order valence-electron chi connectivity index (χ1n) is 30.0. The predicted octanol–water partition coefficient (Wildman–Crippen LogP) is 5.24. The number of aliphatic imine (C=N–C) groups is 1. The van der Waals surface area contributed by atoms with Gasteiger partial charge in [0.15, 0.2) is 11.7 Å². The zero-order valence-electron chi connectivity index (χ0n) is 51.4. The van der Waals surface area contributed by atoms with E-state index in [1.54, 1.807) is 105 Å². The number of carboxylic acids is 1. The second-order valence-electron chi connectivity index (χ2n) is 22.1. The standard InChI is InChI=1S/C65H103N3O19S/c1-47(27-19-15-11-10-12-16-20-28-48(2)63(80)81)62(79)49(3)60(78)36-21-17-13-8-6-5-7-9-14-18-22-37-61(87-88(82,83)84)50(4)65(85-39-40-86-65)46-59(77)45-56(74)34-25-33-55(73)44-58(76)43-54(72)32-24-31-52(70)41-51(69)29-23-30-53(71)42-57(75)35-26-38-68-64(66)67/h5-10,12-14,16-25,27-29,32,34,36,47,49-62,69-79H,11,15,26,30-31,33,35,37-46H2,1-4H3,(H,80,81)(H4,66,67,68)(H,82,83,84)/b7-5+,8-6+,12-10+,14-9+,17-13+,20-16+,22-18+,27-19+,29-23+,32-24+,34-25+,36-21+,48-28+. The van der Waals surface area contributed by atoms with Gasteiger partial charge in [-0.3, -0.25) is 9.55 Å². The van der Waals surface area contributed by atoms with Gasteiger partial charge >= 0.3 is 16.4 Å². The minimum absolute atomic E-state index is 0.0133. The molecule has 498 valence electrons. The number of rotatable bonds is 47. The third kappa shape index (κ3) is 40.4. The lowest BCUT2D eigenvalue weighted by molar-refractivity contribution is -0.225. The molecular formula is C65H103N3O19S. The molecule has 15 atom stereocenters. The number of unbranched alkanes of at least 4 members (excludes halogenated alkanes) is 1. The van der Waals surface area contributed by atoms with Crippen LogP contribution in [-0.4, -0.2) is 185 Å². The average Bonchev–Trinajstić information content (AvgIpc) is 4.17. The third-order valence-corrected chi connectivity index (χ3v) is 14.6. The summed E-state index contributed by atoms with van der Waals surface area (Å²) in [7, 11) is -4.94. The molecule has 88 heavy (non-hydrogen) atoms. The van der Waals surface area contributed by atoms with Gasteiger partial charge in [-0.2, -0.15) is 8.42 Å². The lowest BCUT2D eigenvalue weighted by atomic mass is 9.87. The fraction of sp³-hybridized carbons (Fsp3) is 0.569. The molecule has 0 aromatic heterocycles. The molecule has 1 aliphatic rings. The van der Waals surface area contributed by atoms with Crippen molar-refractivity contribution in [1.82, 2.24) is 0 Å². The van der Waals surface area contributed by atoms with E-state index in [0.717, 1.165) is 12.8 Å². The first kappa shape index (κ1) is 80.7. The maximum atomic E-state index is 12.0. The molecule has 23 heteroatoms. The van der Waals surface area contributed by atoms with Crippen LogP contribution >= 0.6 is 0 Å². The molecule has 0 aromatic carbocycles. The molecule has 1 aliphatic heterocycles. The van der Waals surface area contributed by atoms with Gasteiger partial charge < -0.3 is 82.2 Å². The zero-order chi connectivity index (χ0) is 65.9. The maximum absolute atomic E-state index is 12.0. The second kappa shape index (κ2) is 46.7. The molecule has 1 saturated heterocycles. The van der Waals surface area contributed by atoms with Crippen LogP contribution in [0.3, 0.4) is 0 Å². The SMILES string of the molecule is C\C(=C/C=C/C=C/CC/C=C/C(C)C(O)C(C)C(O)/C=C/C=C/C=C/C=C/C=C/C=C/CC(OS(=O)(=O)O)C(C)C1(CC(O)CC(O)/C=C/CC(O)CC(O)CC(O)/C=C/CC(O)CC(O)/C=C/CC(O)CC(O)CCCN=C(N)N)OCCO1)C(=O)O. The minimum atomic E-state index is -4.94. The summed E-state index contributed by atoms with van der Waals surface area (Å²) in [6.07, 6.45) is 32.4. The van der Waals surface area contributed by atoms with Crippen LogP contribution in [0, 0.1) is 17.8 Å². The number of allylic oxidation sites excluding steroid dienone is 16. The molecule has 22 nitrogen and oxygen atoms in total. The van der Waals surface area contributed by atoms with Crippen LogP contribution in [0.1, 0.15) is 118 Å². The fourth-order valence-corrected chi connectivity index (χ4v) is 9.65. The van der Waals surface area contributed by atoms with Crippen LogP contribution in [0.4, 0.5) is 0 Å². The Labute approximate surface area is 521 Å². The van der Waals surface area contributed by atoms with Gasteiger partial charge in [0.1, 0.15) is 0 Å². The van der Waals surface area contributed by atoms with Gasteiger partial charge in [0.25, 0.3) is 0 Å². The van der Waals surface area contributed by atoms with E-state index >= 15 is 0 Å². The molecule has 15 unspecified atom stereocenters. The summed E-state index contributed by atoms with van der Waals surface area (Å²) < 4.78 is 50.5. The van der Waals surface area contributed by atoms with Crippen molar-refractivity contribution in [3.05, 3.63) is 157 Å². The number of hydrogen-bond donors (Lipinski definition) is 15. The average molecular weight is 1260 g/mol. The normalized spacial score (nSPS) is 20.2. The van der Waals surface area contributed by atoms with E-state index in [2.05, 4.69) is 4.99 Å². The Morgan fingerprint density at radius 1 is 0.568 bits per heavy atom. The number of aliphatic carboxylic acids is 1. The molecular weight excluding hydrogens is 1160 g/mol.